The van der Waals surface area contributed by atoms with Gasteiger partial charge in [0.15, 0.2) is 6.61 Å². The Labute approximate surface area is 206 Å². The predicted octanol–water partition coefficient (Wildman–Crippen LogP) is 2.06. The van der Waals surface area contributed by atoms with Gasteiger partial charge in [-0.05, 0) is 56.9 Å². The van der Waals surface area contributed by atoms with Gasteiger partial charge < -0.3 is 14.2 Å². The lowest BCUT2D eigenvalue weighted by Crippen LogP contribution is -2.39. The summed E-state index contributed by atoms with van der Waals surface area (Å²) in [6, 6.07) is 10.6. The molecule has 9 heteroatoms. The van der Waals surface area contributed by atoms with E-state index in [2.05, 4.69) is 16.6 Å². The van der Waals surface area contributed by atoms with Gasteiger partial charge in [-0.15, -0.1) is 0 Å². The zero-order chi connectivity index (χ0) is 25.2. The van der Waals surface area contributed by atoms with Crippen molar-refractivity contribution in [3.05, 3.63) is 63.6 Å². The normalized spacial score (nSPS) is 18.6. The highest BCUT2D eigenvalue weighted by atomic mass is 32.2. The van der Waals surface area contributed by atoms with E-state index in [1.54, 1.807) is 15.5 Å². The van der Waals surface area contributed by atoms with Gasteiger partial charge >= 0.3 is 0 Å². The number of carbonyl (C=O) groups is 1. The van der Waals surface area contributed by atoms with Crippen LogP contribution in [0.5, 0.6) is 5.75 Å². The number of carbonyl (C=O) groups excluding carboxylic acids is 1. The fourth-order valence-corrected chi connectivity index (χ4v) is 5.09. The first-order valence-electron chi connectivity index (χ1n) is 11.8. The number of sulfonamides is 1. The molecule has 2 aliphatic rings. The summed E-state index contributed by atoms with van der Waals surface area (Å²) in [5.74, 6) is 7.09. The lowest BCUT2D eigenvalue weighted by atomic mass is 10.1. The first-order chi connectivity index (χ1) is 16.6. The molecule has 8 nitrogen and oxygen atoms in total. The third-order valence-electron chi connectivity index (χ3n) is 6.30. The summed E-state index contributed by atoms with van der Waals surface area (Å²) in [4.78, 5) is 27.0. The highest BCUT2D eigenvalue weighted by molar-refractivity contribution is 7.88. The van der Waals surface area contributed by atoms with Crippen LogP contribution >= 0.6 is 0 Å². The molecule has 1 N–H and O–H groups in total. The zero-order valence-electron chi connectivity index (χ0n) is 20.3. The van der Waals surface area contributed by atoms with Crippen molar-refractivity contribution >= 4 is 15.9 Å². The number of aryl methyl sites for hydroxylation is 1. The summed E-state index contributed by atoms with van der Waals surface area (Å²) >= 11 is 0. The van der Waals surface area contributed by atoms with Gasteiger partial charge in [0.05, 0.1) is 12.3 Å². The molecule has 1 unspecified atom stereocenters. The Morgan fingerprint density at radius 1 is 1.20 bits per heavy atom. The lowest BCUT2D eigenvalue weighted by molar-refractivity contribution is -0.132. The molecule has 1 aromatic carbocycles. The van der Waals surface area contributed by atoms with Gasteiger partial charge in [0.2, 0.25) is 10.0 Å². The van der Waals surface area contributed by atoms with E-state index in [1.165, 1.54) is 18.9 Å². The Balaban J connectivity index is 1.37. The topological polar surface area (TPSA) is 97.7 Å². The van der Waals surface area contributed by atoms with Gasteiger partial charge in [-0.1, -0.05) is 24.0 Å². The Morgan fingerprint density at radius 2 is 1.91 bits per heavy atom. The second kappa shape index (κ2) is 10.3. The number of nitrogens with zero attached hydrogens (tertiary/aromatic N) is 2. The Bertz CT molecular complexity index is 1320. The van der Waals surface area contributed by atoms with Gasteiger partial charge in [-0.25, -0.2) is 13.1 Å². The van der Waals surface area contributed by atoms with Crippen molar-refractivity contribution in [3.63, 3.8) is 0 Å². The Hall–Kier alpha value is -3.09. The van der Waals surface area contributed by atoms with E-state index < -0.39 is 10.0 Å². The van der Waals surface area contributed by atoms with Crippen molar-refractivity contribution in [1.29, 1.82) is 0 Å². The fraction of sp³-hybridized carbons (Fsp3) is 0.462. The highest BCUT2D eigenvalue weighted by Crippen LogP contribution is 2.27. The van der Waals surface area contributed by atoms with Crippen LogP contribution in [0.25, 0.3) is 0 Å². The molecule has 1 aliphatic carbocycles. The number of hydrogen-bond acceptors (Lipinski definition) is 5. The van der Waals surface area contributed by atoms with Crippen molar-refractivity contribution in [2.45, 2.75) is 45.2 Å². The molecular weight excluding hydrogens is 466 g/mol. The smallest absolute Gasteiger partial charge is 0.260 e. The molecule has 35 heavy (non-hydrogen) atoms. The summed E-state index contributed by atoms with van der Waals surface area (Å²) in [5, 5.41) is 0. The molecule has 2 aromatic rings. The average Bonchev–Trinajstić information content (AvgIpc) is 3.51. The van der Waals surface area contributed by atoms with Gasteiger partial charge in [-0.3, -0.25) is 9.59 Å². The van der Waals surface area contributed by atoms with Gasteiger partial charge in [-0.2, -0.15) is 0 Å². The van der Waals surface area contributed by atoms with Crippen LogP contribution in [0.3, 0.4) is 0 Å². The molecule has 0 radical (unpaired) electrons. The van der Waals surface area contributed by atoms with Crippen molar-refractivity contribution in [1.82, 2.24) is 14.2 Å². The van der Waals surface area contributed by atoms with Crippen LogP contribution in [-0.2, 0) is 14.8 Å². The number of rotatable bonds is 7. The molecule has 0 bridgehead atoms. The number of nitrogens with one attached hydrogen (secondary N) is 1. The first kappa shape index (κ1) is 25.0. The molecule has 1 aliphatic heterocycles. The van der Waals surface area contributed by atoms with E-state index in [-0.39, 0.29) is 30.2 Å². The number of pyridine rings is 1. The van der Waals surface area contributed by atoms with Crippen LogP contribution in [0.2, 0.25) is 0 Å². The third kappa shape index (κ3) is 6.74. The molecule has 1 amide bonds. The molecule has 4 rings (SSSR count). The largest absolute Gasteiger partial charge is 0.484 e. The van der Waals surface area contributed by atoms with E-state index in [0.717, 1.165) is 23.1 Å². The molecular formula is C26H31N3O5S. The second-order valence-corrected chi connectivity index (χ2v) is 11.2. The van der Waals surface area contributed by atoms with Crippen LogP contribution < -0.4 is 15.0 Å². The standard InChI is InChI=1S/C26H31N3O5S/c1-18-14-24(34-17-26(31)28-13-12-23(16-28)27-35(3,32)33)15-25(30)29(18)19(2)22-10-8-21(9-11-22)7-6-20-4-5-20/h8-11,14-15,19-20,23,27H,4-5,12-13,16-17H2,1-3H3/t19-,23?/m1/s1. The van der Waals surface area contributed by atoms with Crippen LogP contribution in [0.15, 0.2) is 41.2 Å². The summed E-state index contributed by atoms with van der Waals surface area (Å²) in [6.45, 7) is 4.35. The fourth-order valence-electron chi connectivity index (χ4n) is 4.29. The molecule has 2 fully saturated rings. The maximum atomic E-state index is 12.9. The number of ether oxygens (including phenoxy) is 1. The molecule has 2 heterocycles. The van der Waals surface area contributed by atoms with E-state index in [0.29, 0.717) is 31.2 Å². The average molecular weight is 498 g/mol. The first-order valence-corrected chi connectivity index (χ1v) is 13.7. The number of likely N-dealkylation sites (tertiary alicyclic amines) is 1. The summed E-state index contributed by atoms with van der Waals surface area (Å²) < 4.78 is 32.6. The molecule has 1 aromatic heterocycles. The molecule has 186 valence electrons. The number of amides is 1. The third-order valence-corrected chi connectivity index (χ3v) is 7.06. The Morgan fingerprint density at radius 3 is 2.54 bits per heavy atom. The van der Waals surface area contributed by atoms with E-state index >= 15 is 0 Å². The van der Waals surface area contributed by atoms with Gasteiger partial charge in [0, 0.05) is 42.4 Å². The molecule has 2 atom stereocenters. The highest BCUT2D eigenvalue weighted by Gasteiger charge is 2.28. The van der Waals surface area contributed by atoms with Crippen LogP contribution in [0.4, 0.5) is 0 Å². The van der Waals surface area contributed by atoms with E-state index in [1.807, 2.05) is 38.1 Å². The van der Waals surface area contributed by atoms with Crippen molar-refractivity contribution < 1.29 is 17.9 Å². The lowest BCUT2D eigenvalue weighted by Gasteiger charge is -2.20. The van der Waals surface area contributed by atoms with Crippen LogP contribution in [0.1, 0.15) is 49.0 Å². The molecule has 0 spiro atoms. The molecule has 1 saturated carbocycles. The van der Waals surface area contributed by atoms with Crippen LogP contribution in [0, 0.1) is 24.7 Å². The molecule has 1 saturated heterocycles. The van der Waals surface area contributed by atoms with Gasteiger partial charge in [0.1, 0.15) is 5.75 Å². The summed E-state index contributed by atoms with van der Waals surface area (Å²) in [6.07, 6.45) is 4.05. The van der Waals surface area contributed by atoms with Crippen LogP contribution in [-0.4, -0.2) is 55.8 Å². The maximum Gasteiger partial charge on any atom is 0.260 e. The summed E-state index contributed by atoms with van der Waals surface area (Å²) in [5.41, 5.74) is 2.49. The van der Waals surface area contributed by atoms with E-state index in [9.17, 15) is 18.0 Å². The van der Waals surface area contributed by atoms with E-state index in [4.69, 9.17) is 4.74 Å². The number of hydrogen-bond donors (Lipinski definition) is 1. The quantitative estimate of drug-likeness (QED) is 0.591. The SMILES string of the molecule is Cc1cc(OCC(=O)N2CCC(NS(C)(=O)=O)C2)cc(=O)n1[C@H](C)c1ccc(C#CC2CC2)cc1. The summed E-state index contributed by atoms with van der Waals surface area (Å²) in [7, 11) is -3.32. The Kier molecular flexibility index (Phi) is 7.33. The minimum absolute atomic E-state index is 0.174. The maximum absolute atomic E-state index is 12.9. The number of benzene rings is 1. The van der Waals surface area contributed by atoms with Crippen molar-refractivity contribution in [2.24, 2.45) is 5.92 Å². The zero-order valence-corrected chi connectivity index (χ0v) is 21.1. The number of aromatic nitrogens is 1. The van der Waals surface area contributed by atoms with Crippen molar-refractivity contribution in [3.8, 4) is 17.6 Å². The minimum atomic E-state index is -3.32. The van der Waals surface area contributed by atoms with Crippen molar-refractivity contribution in [2.75, 3.05) is 26.0 Å². The monoisotopic (exact) mass is 497 g/mol. The minimum Gasteiger partial charge on any atom is -0.484 e. The predicted molar refractivity (Wildman–Crippen MR) is 134 cm³/mol. The second-order valence-electron chi connectivity index (χ2n) is 9.39. The van der Waals surface area contributed by atoms with Gasteiger partial charge in [0.25, 0.3) is 11.5 Å².